The number of ether oxygens (including phenoxy) is 1. The molecule has 4 rings (SSSR count). The van der Waals surface area contributed by atoms with Gasteiger partial charge in [0, 0.05) is 30.2 Å². The van der Waals surface area contributed by atoms with Crippen molar-refractivity contribution in [2.45, 2.75) is 42.5 Å². The zero-order valence-corrected chi connectivity index (χ0v) is 19.6. The molecular formula is C24H28ClN3O3S. The van der Waals surface area contributed by atoms with Crippen LogP contribution in [0.1, 0.15) is 35.4 Å². The van der Waals surface area contributed by atoms with E-state index in [9.17, 15) is 8.42 Å². The van der Waals surface area contributed by atoms with Gasteiger partial charge in [-0.3, -0.25) is 4.68 Å². The molecule has 0 aliphatic heterocycles. The average molecular weight is 474 g/mol. The number of hydrogen-bond acceptors (Lipinski definition) is 5. The molecule has 8 heteroatoms. The Morgan fingerprint density at radius 3 is 2.72 bits per heavy atom. The first-order chi connectivity index (χ1) is 15.3. The highest BCUT2D eigenvalue weighted by atomic mass is 35.5. The van der Waals surface area contributed by atoms with Crippen LogP contribution >= 0.6 is 11.6 Å². The predicted molar refractivity (Wildman–Crippen MR) is 126 cm³/mol. The number of aryl methyl sites for hydroxylation is 2. The molecule has 2 unspecified atom stereocenters. The molecule has 2 N–H and O–H groups in total. The van der Waals surface area contributed by atoms with Gasteiger partial charge in [0.25, 0.3) is 0 Å². The van der Waals surface area contributed by atoms with Gasteiger partial charge >= 0.3 is 0 Å². The Kier molecular flexibility index (Phi) is 6.88. The van der Waals surface area contributed by atoms with Crippen LogP contribution < -0.4 is 10.5 Å². The van der Waals surface area contributed by atoms with E-state index < -0.39 is 9.84 Å². The average Bonchev–Trinajstić information content (AvgIpc) is 3.22. The van der Waals surface area contributed by atoms with E-state index in [0.29, 0.717) is 13.0 Å². The molecule has 170 valence electrons. The number of nitrogens with two attached hydrogens (primary N) is 1. The second kappa shape index (κ2) is 9.65. The summed E-state index contributed by atoms with van der Waals surface area (Å²) in [7, 11) is -1.65. The number of hydrogen-bond donors (Lipinski definition) is 1. The minimum atomic E-state index is -3.35. The minimum absolute atomic E-state index is 0.0215. The lowest BCUT2D eigenvalue weighted by atomic mass is 9.76. The number of sulfone groups is 1. The van der Waals surface area contributed by atoms with E-state index in [4.69, 9.17) is 22.1 Å². The standard InChI is InChI=1S/C24H28ClN3O3S/c1-28-16-21(15-27-28)32(29,30)12-2-11-31-20-9-5-18-6-10-24(26)23(22(18)14-20)13-17-3-7-19(25)8-4-17/h3-5,7-9,14-16,23-24H,2,6,10-13,26H2,1H3. The van der Waals surface area contributed by atoms with Crippen molar-refractivity contribution < 1.29 is 13.2 Å². The van der Waals surface area contributed by atoms with E-state index in [0.717, 1.165) is 30.0 Å². The van der Waals surface area contributed by atoms with E-state index in [-0.39, 0.29) is 22.6 Å². The molecule has 3 aromatic rings. The van der Waals surface area contributed by atoms with Crippen LogP contribution in [-0.4, -0.2) is 36.6 Å². The Hall–Kier alpha value is -2.35. The van der Waals surface area contributed by atoms with Crippen LogP contribution in [0, 0.1) is 0 Å². The molecule has 0 radical (unpaired) electrons. The number of benzene rings is 2. The van der Waals surface area contributed by atoms with Crippen molar-refractivity contribution in [1.29, 1.82) is 0 Å². The highest BCUT2D eigenvalue weighted by Gasteiger charge is 2.27. The maximum atomic E-state index is 12.4. The van der Waals surface area contributed by atoms with Gasteiger partial charge < -0.3 is 10.5 Å². The van der Waals surface area contributed by atoms with Gasteiger partial charge in [-0.1, -0.05) is 29.8 Å². The fourth-order valence-corrected chi connectivity index (χ4v) is 5.62. The van der Waals surface area contributed by atoms with Gasteiger partial charge in [0.05, 0.1) is 18.6 Å². The Bertz CT molecular complexity index is 1180. The zero-order chi connectivity index (χ0) is 22.7. The topological polar surface area (TPSA) is 87.2 Å². The molecule has 1 aliphatic carbocycles. The Morgan fingerprint density at radius 2 is 2.00 bits per heavy atom. The van der Waals surface area contributed by atoms with E-state index in [1.165, 1.54) is 33.8 Å². The summed E-state index contributed by atoms with van der Waals surface area (Å²) in [5.74, 6) is 0.973. The van der Waals surface area contributed by atoms with Gasteiger partial charge in [0.15, 0.2) is 9.84 Å². The van der Waals surface area contributed by atoms with E-state index >= 15 is 0 Å². The molecule has 0 fully saturated rings. The predicted octanol–water partition coefficient (Wildman–Crippen LogP) is 3.92. The summed E-state index contributed by atoms with van der Waals surface area (Å²) in [5.41, 5.74) is 10.2. The van der Waals surface area contributed by atoms with Gasteiger partial charge in [-0.2, -0.15) is 5.10 Å². The quantitative estimate of drug-likeness (QED) is 0.501. The van der Waals surface area contributed by atoms with Crippen molar-refractivity contribution in [3.05, 3.63) is 76.6 Å². The van der Waals surface area contributed by atoms with Gasteiger partial charge in [-0.25, -0.2) is 8.42 Å². The molecule has 1 heterocycles. The number of rotatable bonds is 8. The van der Waals surface area contributed by atoms with Gasteiger partial charge in [-0.15, -0.1) is 0 Å². The summed E-state index contributed by atoms with van der Waals surface area (Å²) in [4.78, 5) is 0.243. The number of halogens is 1. The first-order valence-electron chi connectivity index (χ1n) is 10.8. The van der Waals surface area contributed by atoms with Crippen LogP contribution in [0.2, 0.25) is 5.02 Å². The van der Waals surface area contributed by atoms with E-state index in [1.807, 2.05) is 30.3 Å². The van der Waals surface area contributed by atoms with Crippen molar-refractivity contribution >= 4 is 21.4 Å². The Morgan fingerprint density at radius 1 is 1.22 bits per heavy atom. The minimum Gasteiger partial charge on any atom is -0.494 e. The van der Waals surface area contributed by atoms with Crippen LogP contribution in [0.25, 0.3) is 0 Å². The summed E-state index contributed by atoms with van der Waals surface area (Å²) in [6.07, 6.45) is 6.06. The van der Waals surface area contributed by atoms with Crippen LogP contribution in [-0.2, 0) is 29.7 Å². The third-order valence-electron chi connectivity index (χ3n) is 6.02. The lowest BCUT2D eigenvalue weighted by Gasteiger charge is -2.32. The molecular weight excluding hydrogens is 446 g/mol. The van der Waals surface area contributed by atoms with Crippen LogP contribution in [0.5, 0.6) is 5.75 Å². The fourth-order valence-electron chi connectivity index (χ4n) is 4.24. The molecule has 1 aliphatic rings. The molecule has 0 saturated carbocycles. The van der Waals surface area contributed by atoms with Crippen LogP contribution in [0.3, 0.4) is 0 Å². The SMILES string of the molecule is Cn1cc(S(=O)(=O)CCCOc2ccc3c(c2)C(Cc2ccc(Cl)cc2)C(N)CC3)cn1. The summed E-state index contributed by atoms with van der Waals surface area (Å²) in [5, 5.41) is 4.66. The van der Waals surface area contributed by atoms with E-state index in [1.54, 1.807) is 7.05 Å². The molecule has 0 spiro atoms. The molecule has 1 aromatic heterocycles. The largest absolute Gasteiger partial charge is 0.494 e. The molecule has 0 amide bonds. The molecule has 2 atom stereocenters. The van der Waals surface area contributed by atoms with Crippen molar-refractivity contribution in [3.8, 4) is 5.75 Å². The second-order valence-corrected chi connectivity index (χ2v) is 10.9. The van der Waals surface area contributed by atoms with Crippen LogP contribution in [0.15, 0.2) is 59.8 Å². The normalized spacial score (nSPS) is 18.3. The van der Waals surface area contributed by atoms with Crippen molar-refractivity contribution in [3.63, 3.8) is 0 Å². The lowest BCUT2D eigenvalue weighted by molar-refractivity contribution is 0.316. The number of nitrogens with zero attached hydrogens (tertiary/aromatic N) is 2. The van der Waals surface area contributed by atoms with Crippen molar-refractivity contribution in [1.82, 2.24) is 9.78 Å². The highest BCUT2D eigenvalue weighted by molar-refractivity contribution is 7.91. The van der Waals surface area contributed by atoms with E-state index in [2.05, 4.69) is 17.2 Å². The van der Waals surface area contributed by atoms with Gasteiger partial charge in [-0.05, 0) is 66.6 Å². The maximum Gasteiger partial charge on any atom is 0.181 e. The smallest absolute Gasteiger partial charge is 0.181 e. The lowest BCUT2D eigenvalue weighted by Crippen LogP contribution is -2.34. The highest BCUT2D eigenvalue weighted by Crippen LogP contribution is 2.36. The van der Waals surface area contributed by atoms with Gasteiger partial charge in [0.1, 0.15) is 10.6 Å². The number of aromatic nitrogens is 2. The molecule has 2 aromatic carbocycles. The molecule has 0 bridgehead atoms. The molecule has 0 saturated heterocycles. The third-order valence-corrected chi connectivity index (χ3v) is 8.02. The molecule has 32 heavy (non-hydrogen) atoms. The Labute approximate surface area is 194 Å². The summed E-state index contributed by atoms with van der Waals surface area (Å²) < 4.78 is 32.2. The maximum absolute atomic E-state index is 12.4. The first-order valence-corrected chi connectivity index (χ1v) is 12.8. The summed E-state index contributed by atoms with van der Waals surface area (Å²) >= 11 is 6.03. The second-order valence-electron chi connectivity index (χ2n) is 8.37. The van der Waals surface area contributed by atoms with Crippen molar-refractivity contribution in [2.24, 2.45) is 12.8 Å². The third kappa shape index (κ3) is 5.34. The molecule has 6 nitrogen and oxygen atoms in total. The number of fused-ring (bicyclic) bond motifs is 1. The Balaban J connectivity index is 1.41. The van der Waals surface area contributed by atoms with Gasteiger partial charge in [0.2, 0.25) is 0 Å². The fraction of sp³-hybridized carbons (Fsp3) is 0.375. The van der Waals surface area contributed by atoms with Crippen molar-refractivity contribution in [2.75, 3.05) is 12.4 Å². The monoisotopic (exact) mass is 473 g/mol. The first kappa shape index (κ1) is 22.8. The zero-order valence-electron chi connectivity index (χ0n) is 18.1. The van der Waals surface area contributed by atoms with Crippen LogP contribution in [0.4, 0.5) is 0 Å². The summed E-state index contributed by atoms with van der Waals surface area (Å²) in [6, 6.07) is 14.1. The summed E-state index contributed by atoms with van der Waals surface area (Å²) in [6.45, 7) is 0.326.